The van der Waals surface area contributed by atoms with Gasteiger partial charge in [0.2, 0.25) is 0 Å². The number of carbonyl (C=O) groups excluding carboxylic acids is 1. The van der Waals surface area contributed by atoms with Gasteiger partial charge < -0.3 is 0 Å². The summed E-state index contributed by atoms with van der Waals surface area (Å²) in [6.07, 6.45) is 13.8. The fourth-order valence-corrected chi connectivity index (χ4v) is 2.79. The highest BCUT2D eigenvalue weighted by Gasteiger charge is 2.23. The molecule has 1 saturated carbocycles. The van der Waals surface area contributed by atoms with E-state index >= 15 is 0 Å². The van der Waals surface area contributed by atoms with E-state index in [4.69, 9.17) is 0 Å². The zero-order valence-electron chi connectivity index (χ0n) is 10.4. The summed E-state index contributed by atoms with van der Waals surface area (Å²) in [5.74, 6) is 0.431. The third-order valence-electron chi connectivity index (χ3n) is 3.82. The Morgan fingerprint density at radius 2 is 1.94 bits per heavy atom. The van der Waals surface area contributed by atoms with Crippen molar-refractivity contribution < 1.29 is 4.79 Å². The minimum absolute atomic E-state index is 0.181. The molecule has 4 heteroatoms. The molecule has 2 aromatic heterocycles. The van der Waals surface area contributed by atoms with E-state index in [1.807, 2.05) is 0 Å². The Kier molecular flexibility index (Phi) is 3.09. The van der Waals surface area contributed by atoms with E-state index in [0.29, 0.717) is 0 Å². The van der Waals surface area contributed by atoms with Crippen LogP contribution < -0.4 is 0 Å². The molecule has 0 radical (unpaired) electrons. The number of Topliss-reactive ketones (excluding diaryl/α,β-unsaturated/α-hetero) is 1. The van der Waals surface area contributed by atoms with E-state index in [0.717, 1.165) is 23.9 Å². The summed E-state index contributed by atoms with van der Waals surface area (Å²) >= 11 is 0. The van der Waals surface area contributed by atoms with Gasteiger partial charge in [0.15, 0.2) is 5.78 Å². The van der Waals surface area contributed by atoms with Gasteiger partial charge in [-0.15, -0.1) is 0 Å². The lowest BCUT2D eigenvalue weighted by molar-refractivity contribution is 0.0909. The van der Waals surface area contributed by atoms with Crippen LogP contribution in [-0.4, -0.2) is 20.4 Å². The summed E-state index contributed by atoms with van der Waals surface area (Å²) in [7, 11) is 0. The lowest BCUT2D eigenvalue weighted by atomic mass is 9.92. The van der Waals surface area contributed by atoms with Gasteiger partial charge in [-0.3, -0.25) is 9.78 Å². The van der Waals surface area contributed by atoms with Gasteiger partial charge in [-0.25, -0.2) is 4.52 Å². The van der Waals surface area contributed by atoms with Crippen molar-refractivity contribution >= 4 is 11.3 Å². The second kappa shape index (κ2) is 4.88. The number of nitrogens with zero attached hydrogens (tertiary/aromatic N) is 3. The molecule has 1 aliphatic rings. The van der Waals surface area contributed by atoms with Gasteiger partial charge in [-0.1, -0.05) is 25.7 Å². The van der Waals surface area contributed by atoms with Gasteiger partial charge in [0, 0.05) is 18.3 Å². The standard InChI is InChI=1S/C14H17N3O/c18-14(11-5-3-1-2-4-6-11)12-9-16-17-8-7-15-10-13(12)17/h7-11H,1-6H2. The topological polar surface area (TPSA) is 47.3 Å². The predicted octanol–water partition coefficient (Wildman–Crippen LogP) is 2.88. The molecule has 0 spiro atoms. The van der Waals surface area contributed by atoms with Crippen molar-refractivity contribution in [3.63, 3.8) is 0 Å². The first-order valence-corrected chi connectivity index (χ1v) is 6.68. The smallest absolute Gasteiger partial charge is 0.169 e. The van der Waals surface area contributed by atoms with Crippen LogP contribution in [0, 0.1) is 5.92 Å². The Morgan fingerprint density at radius 1 is 1.17 bits per heavy atom. The van der Waals surface area contributed by atoms with Crippen LogP contribution in [0.1, 0.15) is 48.9 Å². The van der Waals surface area contributed by atoms with E-state index in [2.05, 4.69) is 10.1 Å². The summed E-state index contributed by atoms with van der Waals surface area (Å²) in [4.78, 5) is 16.6. The van der Waals surface area contributed by atoms with Gasteiger partial charge in [0.25, 0.3) is 0 Å². The van der Waals surface area contributed by atoms with Crippen LogP contribution in [0.2, 0.25) is 0 Å². The molecule has 0 bridgehead atoms. The molecule has 2 aromatic rings. The Morgan fingerprint density at radius 3 is 2.72 bits per heavy atom. The van der Waals surface area contributed by atoms with Crippen LogP contribution >= 0.6 is 0 Å². The van der Waals surface area contributed by atoms with Crippen molar-refractivity contribution in [2.45, 2.75) is 38.5 Å². The number of ketones is 1. The van der Waals surface area contributed by atoms with Gasteiger partial charge in [-0.05, 0) is 12.8 Å². The van der Waals surface area contributed by atoms with E-state index < -0.39 is 0 Å². The van der Waals surface area contributed by atoms with Crippen molar-refractivity contribution in [1.29, 1.82) is 0 Å². The Bertz CT molecular complexity index is 553. The highest BCUT2D eigenvalue weighted by Crippen LogP contribution is 2.27. The third kappa shape index (κ3) is 2.03. The summed E-state index contributed by atoms with van der Waals surface area (Å²) in [6.45, 7) is 0. The average molecular weight is 243 g/mol. The molecule has 0 aliphatic heterocycles. The van der Waals surface area contributed by atoms with E-state index in [1.54, 1.807) is 29.3 Å². The van der Waals surface area contributed by atoms with Gasteiger partial charge in [0.05, 0.1) is 23.5 Å². The summed E-state index contributed by atoms with van der Waals surface area (Å²) in [5.41, 5.74) is 1.56. The lowest BCUT2D eigenvalue weighted by Gasteiger charge is -2.11. The van der Waals surface area contributed by atoms with E-state index in [1.165, 1.54) is 25.7 Å². The van der Waals surface area contributed by atoms with Crippen LogP contribution in [0.15, 0.2) is 24.8 Å². The highest BCUT2D eigenvalue weighted by molar-refractivity contribution is 6.03. The van der Waals surface area contributed by atoms with Gasteiger partial charge in [-0.2, -0.15) is 5.10 Å². The number of hydrogen-bond donors (Lipinski definition) is 0. The van der Waals surface area contributed by atoms with E-state index in [9.17, 15) is 4.79 Å². The molecule has 1 fully saturated rings. The molecule has 0 N–H and O–H groups in total. The fraction of sp³-hybridized carbons (Fsp3) is 0.500. The molecule has 2 heterocycles. The molecule has 3 rings (SSSR count). The first-order valence-electron chi connectivity index (χ1n) is 6.68. The SMILES string of the molecule is O=C(c1cnn2ccncc12)C1CCCCCC1. The van der Waals surface area contributed by atoms with Crippen LogP contribution in [0.25, 0.3) is 5.52 Å². The number of rotatable bonds is 2. The molecule has 0 amide bonds. The second-order valence-corrected chi connectivity index (χ2v) is 5.02. The average Bonchev–Trinajstić information content (AvgIpc) is 2.65. The van der Waals surface area contributed by atoms with Crippen molar-refractivity contribution in [1.82, 2.24) is 14.6 Å². The maximum Gasteiger partial charge on any atom is 0.169 e. The second-order valence-electron chi connectivity index (χ2n) is 5.02. The third-order valence-corrected chi connectivity index (χ3v) is 3.82. The van der Waals surface area contributed by atoms with Crippen molar-refractivity contribution in [3.8, 4) is 0 Å². The minimum atomic E-state index is 0.181. The molecule has 0 unspecified atom stereocenters. The van der Waals surface area contributed by atoms with Crippen molar-refractivity contribution in [3.05, 3.63) is 30.4 Å². The maximum atomic E-state index is 12.5. The normalized spacial score (nSPS) is 17.8. The summed E-state index contributed by atoms with van der Waals surface area (Å²) in [5, 5.41) is 4.21. The first-order chi connectivity index (χ1) is 8.86. The zero-order chi connectivity index (χ0) is 12.4. The number of fused-ring (bicyclic) bond motifs is 1. The molecule has 1 aliphatic carbocycles. The largest absolute Gasteiger partial charge is 0.294 e. The quantitative estimate of drug-likeness (QED) is 0.602. The van der Waals surface area contributed by atoms with Crippen LogP contribution in [-0.2, 0) is 0 Å². The molecular formula is C14H17N3O. The van der Waals surface area contributed by atoms with Crippen LogP contribution in [0.5, 0.6) is 0 Å². The Labute approximate surface area is 106 Å². The zero-order valence-corrected chi connectivity index (χ0v) is 10.4. The molecule has 0 saturated heterocycles. The number of hydrogen-bond acceptors (Lipinski definition) is 3. The van der Waals surface area contributed by atoms with Crippen LogP contribution in [0.4, 0.5) is 0 Å². The monoisotopic (exact) mass is 243 g/mol. The van der Waals surface area contributed by atoms with Gasteiger partial charge >= 0.3 is 0 Å². The molecule has 18 heavy (non-hydrogen) atoms. The molecule has 0 aromatic carbocycles. The van der Waals surface area contributed by atoms with E-state index in [-0.39, 0.29) is 11.7 Å². The fourth-order valence-electron chi connectivity index (χ4n) is 2.79. The predicted molar refractivity (Wildman–Crippen MR) is 68.5 cm³/mol. The maximum absolute atomic E-state index is 12.5. The molecular weight excluding hydrogens is 226 g/mol. The summed E-state index contributed by atoms with van der Waals surface area (Å²) in [6, 6.07) is 0. The molecule has 0 atom stereocenters. The lowest BCUT2D eigenvalue weighted by Crippen LogP contribution is -2.13. The Balaban J connectivity index is 1.91. The molecule has 94 valence electrons. The summed E-state index contributed by atoms with van der Waals surface area (Å²) < 4.78 is 1.72. The minimum Gasteiger partial charge on any atom is -0.294 e. The van der Waals surface area contributed by atoms with Crippen LogP contribution in [0.3, 0.4) is 0 Å². The number of aromatic nitrogens is 3. The van der Waals surface area contributed by atoms with Crippen molar-refractivity contribution in [2.75, 3.05) is 0 Å². The van der Waals surface area contributed by atoms with Gasteiger partial charge in [0.1, 0.15) is 0 Å². The first kappa shape index (κ1) is 11.4. The number of carbonyl (C=O) groups is 1. The Hall–Kier alpha value is -1.71. The highest BCUT2D eigenvalue weighted by atomic mass is 16.1. The van der Waals surface area contributed by atoms with Crippen molar-refractivity contribution in [2.24, 2.45) is 5.92 Å². The molecule has 4 nitrogen and oxygen atoms in total.